The van der Waals surface area contributed by atoms with Crippen LogP contribution in [0.15, 0.2) is 30.3 Å². The van der Waals surface area contributed by atoms with E-state index in [1.807, 2.05) is 36.4 Å². The van der Waals surface area contributed by atoms with Gasteiger partial charge in [0.15, 0.2) is 5.75 Å². The zero-order chi connectivity index (χ0) is 9.10. The van der Waals surface area contributed by atoms with Gasteiger partial charge in [-0.1, -0.05) is 30.4 Å². The van der Waals surface area contributed by atoms with Gasteiger partial charge in [-0.2, -0.15) is 0 Å². The summed E-state index contributed by atoms with van der Waals surface area (Å²) in [7, 11) is 0. The second-order valence-electron chi connectivity index (χ2n) is 2.84. The summed E-state index contributed by atoms with van der Waals surface area (Å²) >= 11 is 0. The van der Waals surface area contributed by atoms with E-state index in [4.69, 9.17) is 9.94 Å². The molecule has 1 aliphatic heterocycles. The zero-order valence-electron chi connectivity index (χ0n) is 7.18. The van der Waals surface area contributed by atoms with Crippen LogP contribution >= 0.6 is 0 Å². The van der Waals surface area contributed by atoms with Gasteiger partial charge in [-0.3, -0.25) is 0 Å². The molecule has 0 fully saturated rings. The number of hydroxylamine groups is 2. The molecule has 1 heterocycles. The topological polar surface area (TPSA) is 32.7 Å². The molecule has 0 bridgehead atoms. The molecule has 0 amide bonds. The summed E-state index contributed by atoms with van der Waals surface area (Å²) in [5.41, 5.74) is 1.04. The monoisotopic (exact) mass is 177 g/mol. The number of benzene rings is 1. The number of nitrogens with zero attached hydrogens (tertiary/aromatic N) is 1. The van der Waals surface area contributed by atoms with E-state index in [1.54, 1.807) is 0 Å². The molecular weight excluding hydrogens is 166 g/mol. The average Bonchev–Trinajstić information content (AvgIpc) is 2.38. The van der Waals surface area contributed by atoms with Crippen LogP contribution in [0.25, 0.3) is 6.08 Å². The quantitative estimate of drug-likeness (QED) is 0.701. The van der Waals surface area contributed by atoms with E-state index in [2.05, 4.69) is 0 Å². The molecule has 68 valence electrons. The smallest absolute Gasteiger partial charge is 0.154 e. The first-order valence-corrected chi connectivity index (χ1v) is 4.19. The Kier molecular flexibility index (Phi) is 2.29. The van der Waals surface area contributed by atoms with Gasteiger partial charge in [0.05, 0.1) is 6.54 Å². The van der Waals surface area contributed by atoms with Crippen LogP contribution < -0.4 is 4.84 Å². The Bertz CT molecular complexity index is 322. The fourth-order valence-electron chi connectivity index (χ4n) is 1.26. The molecular formula is C10H11NO2. The number of hydrogen-bond acceptors (Lipinski definition) is 3. The third-order valence-corrected chi connectivity index (χ3v) is 1.91. The zero-order valence-corrected chi connectivity index (χ0v) is 7.18. The van der Waals surface area contributed by atoms with Gasteiger partial charge in [-0.25, -0.2) is 0 Å². The Morgan fingerprint density at radius 3 is 3.08 bits per heavy atom. The molecule has 0 atom stereocenters. The van der Waals surface area contributed by atoms with Gasteiger partial charge in [0.2, 0.25) is 0 Å². The van der Waals surface area contributed by atoms with Crippen molar-refractivity contribution in [3.8, 4) is 5.75 Å². The molecule has 1 aromatic rings. The lowest BCUT2D eigenvalue weighted by Gasteiger charge is -2.17. The van der Waals surface area contributed by atoms with Crippen LogP contribution in [0.3, 0.4) is 0 Å². The highest BCUT2D eigenvalue weighted by molar-refractivity contribution is 5.57. The van der Waals surface area contributed by atoms with Crippen LogP contribution in [-0.4, -0.2) is 23.4 Å². The molecule has 1 N–H and O–H groups in total. The van der Waals surface area contributed by atoms with E-state index in [-0.39, 0.29) is 6.73 Å². The summed E-state index contributed by atoms with van der Waals surface area (Å²) in [5.74, 6) is 0.783. The molecule has 0 radical (unpaired) electrons. The second kappa shape index (κ2) is 3.60. The molecule has 0 spiro atoms. The summed E-state index contributed by atoms with van der Waals surface area (Å²) < 4.78 is 0. The highest BCUT2D eigenvalue weighted by Gasteiger charge is 2.09. The van der Waals surface area contributed by atoms with Gasteiger partial charge >= 0.3 is 0 Å². The van der Waals surface area contributed by atoms with Crippen molar-refractivity contribution >= 4 is 6.08 Å². The fourth-order valence-corrected chi connectivity index (χ4v) is 1.26. The fraction of sp³-hybridized carbons (Fsp3) is 0.200. The Morgan fingerprint density at radius 1 is 1.38 bits per heavy atom. The molecule has 0 aliphatic carbocycles. The van der Waals surface area contributed by atoms with Crippen LogP contribution in [0.4, 0.5) is 0 Å². The first-order chi connectivity index (χ1) is 6.40. The first-order valence-electron chi connectivity index (χ1n) is 4.19. The minimum atomic E-state index is -0.0985. The van der Waals surface area contributed by atoms with Gasteiger partial charge in [-0.05, 0) is 6.07 Å². The lowest BCUT2D eigenvalue weighted by Crippen LogP contribution is -2.27. The van der Waals surface area contributed by atoms with Crippen molar-refractivity contribution in [1.29, 1.82) is 0 Å². The van der Waals surface area contributed by atoms with E-state index in [9.17, 15) is 0 Å². The highest BCUT2D eigenvalue weighted by atomic mass is 16.7. The van der Waals surface area contributed by atoms with Crippen molar-refractivity contribution in [2.45, 2.75) is 0 Å². The minimum Gasteiger partial charge on any atom is -0.403 e. The van der Waals surface area contributed by atoms with E-state index >= 15 is 0 Å². The molecule has 3 heteroatoms. The van der Waals surface area contributed by atoms with Gasteiger partial charge in [-0.15, -0.1) is 5.06 Å². The first kappa shape index (κ1) is 8.29. The van der Waals surface area contributed by atoms with Gasteiger partial charge in [0.25, 0.3) is 0 Å². The molecule has 0 unspecified atom stereocenters. The van der Waals surface area contributed by atoms with Crippen molar-refractivity contribution in [2.24, 2.45) is 0 Å². The van der Waals surface area contributed by atoms with Crippen LogP contribution in [0, 0.1) is 0 Å². The second-order valence-corrected chi connectivity index (χ2v) is 2.84. The van der Waals surface area contributed by atoms with Crippen molar-refractivity contribution in [2.75, 3.05) is 13.3 Å². The average molecular weight is 177 g/mol. The van der Waals surface area contributed by atoms with Crippen LogP contribution in [0.2, 0.25) is 0 Å². The summed E-state index contributed by atoms with van der Waals surface area (Å²) in [6.07, 6.45) is 3.95. The van der Waals surface area contributed by atoms with Gasteiger partial charge in [0.1, 0.15) is 6.73 Å². The Balaban J connectivity index is 2.32. The normalized spacial score (nSPS) is 16.1. The summed E-state index contributed by atoms with van der Waals surface area (Å²) in [5, 5.41) is 10.4. The summed E-state index contributed by atoms with van der Waals surface area (Å²) in [6.45, 7) is 0.504. The number of rotatable bonds is 1. The number of aliphatic hydroxyl groups excluding tert-OH is 1. The Hall–Kier alpha value is -1.32. The van der Waals surface area contributed by atoms with Crippen LogP contribution in [0.5, 0.6) is 5.75 Å². The number of para-hydroxylation sites is 1. The molecule has 1 aromatic carbocycles. The van der Waals surface area contributed by atoms with Crippen molar-refractivity contribution in [3.63, 3.8) is 0 Å². The number of hydrogen-bond donors (Lipinski definition) is 1. The van der Waals surface area contributed by atoms with Crippen molar-refractivity contribution < 1.29 is 9.94 Å². The van der Waals surface area contributed by atoms with Crippen molar-refractivity contribution in [3.05, 3.63) is 35.9 Å². The molecule has 3 nitrogen and oxygen atoms in total. The maximum absolute atomic E-state index is 8.91. The summed E-state index contributed by atoms with van der Waals surface area (Å²) in [4.78, 5) is 5.43. The van der Waals surface area contributed by atoms with E-state index in [0.717, 1.165) is 11.3 Å². The SMILES string of the molecule is OCN1CC=Cc2ccccc2O1. The maximum Gasteiger partial charge on any atom is 0.154 e. The molecule has 1 aliphatic rings. The molecule has 2 rings (SSSR count). The molecule has 0 saturated heterocycles. The predicted molar refractivity (Wildman–Crippen MR) is 49.9 cm³/mol. The Morgan fingerprint density at radius 2 is 2.23 bits per heavy atom. The van der Waals surface area contributed by atoms with Crippen molar-refractivity contribution in [1.82, 2.24) is 5.06 Å². The molecule has 0 aromatic heterocycles. The van der Waals surface area contributed by atoms with Gasteiger partial charge < -0.3 is 9.94 Å². The largest absolute Gasteiger partial charge is 0.403 e. The Labute approximate surface area is 76.8 Å². The number of fused-ring (bicyclic) bond motifs is 1. The summed E-state index contributed by atoms with van der Waals surface area (Å²) in [6, 6.07) is 7.73. The minimum absolute atomic E-state index is 0.0985. The van der Waals surface area contributed by atoms with E-state index in [0.29, 0.717) is 6.54 Å². The van der Waals surface area contributed by atoms with Gasteiger partial charge in [0, 0.05) is 5.56 Å². The maximum atomic E-state index is 8.91. The predicted octanol–water partition coefficient (Wildman–Crippen LogP) is 1.26. The molecule has 0 saturated carbocycles. The highest BCUT2D eigenvalue weighted by Crippen LogP contribution is 2.22. The third kappa shape index (κ3) is 1.71. The van der Waals surface area contributed by atoms with Crippen LogP contribution in [-0.2, 0) is 0 Å². The lowest BCUT2D eigenvalue weighted by molar-refractivity contribution is -0.104. The van der Waals surface area contributed by atoms with Crippen LogP contribution in [0.1, 0.15) is 5.56 Å². The van der Waals surface area contributed by atoms with E-state index in [1.165, 1.54) is 5.06 Å². The number of aliphatic hydroxyl groups is 1. The third-order valence-electron chi connectivity index (χ3n) is 1.91. The van der Waals surface area contributed by atoms with E-state index < -0.39 is 0 Å². The standard InChI is InChI=1S/C10H11NO2/c12-8-11-7-3-5-9-4-1-2-6-10(9)13-11/h1-6,12H,7-8H2. The lowest BCUT2D eigenvalue weighted by atomic mass is 10.2. The molecule has 13 heavy (non-hydrogen) atoms.